The molecule has 1 heterocycles. The van der Waals surface area contributed by atoms with Gasteiger partial charge in [0, 0.05) is 12.6 Å². The smallest absolute Gasteiger partial charge is 0.308 e. The van der Waals surface area contributed by atoms with Crippen molar-refractivity contribution in [2.45, 2.75) is 32.7 Å². The van der Waals surface area contributed by atoms with Gasteiger partial charge in [0.05, 0.1) is 12.1 Å². The second-order valence-electron chi connectivity index (χ2n) is 5.59. The number of para-hydroxylation sites is 2. The van der Waals surface area contributed by atoms with E-state index < -0.39 is 5.97 Å². The van der Waals surface area contributed by atoms with Crippen LogP contribution in [0, 0.1) is 0 Å². The van der Waals surface area contributed by atoms with Crippen molar-refractivity contribution in [3.63, 3.8) is 0 Å². The highest BCUT2D eigenvalue weighted by molar-refractivity contribution is 5.98. The minimum absolute atomic E-state index is 0.0106. The molecule has 1 aromatic carbocycles. The van der Waals surface area contributed by atoms with Gasteiger partial charge in [-0.2, -0.15) is 0 Å². The number of carbonyl (C=O) groups excluding carboxylic acids is 3. The highest BCUT2D eigenvalue weighted by Crippen LogP contribution is 2.31. The summed E-state index contributed by atoms with van der Waals surface area (Å²) in [4.78, 5) is 36.8. The van der Waals surface area contributed by atoms with Crippen LogP contribution in [-0.4, -0.2) is 43.6 Å². The zero-order valence-corrected chi connectivity index (χ0v) is 13.9. The first-order valence-corrected chi connectivity index (χ1v) is 7.98. The molecule has 0 saturated carbocycles. The minimum Gasteiger partial charge on any atom is -0.482 e. The van der Waals surface area contributed by atoms with Crippen molar-refractivity contribution in [2.75, 3.05) is 24.7 Å². The Hall–Kier alpha value is -2.57. The van der Waals surface area contributed by atoms with Gasteiger partial charge in [-0.15, -0.1) is 0 Å². The summed E-state index contributed by atoms with van der Waals surface area (Å²) in [5, 5.41) is 2.71. The molecule has 0 bridgehead atoms. The molecule has 0 fully saturated rings. The van der Waals surface area contributed by atoms with Crippen LogP contribution in [0.1, 0.15) is 26.7 Å². The number of esters is 1. The van der Waals surface area contributed by atoms with E-state index in [-0.39, 0.29) is 44.0 Å². The number of nitrogens with one attached hydrogen (secondary N) is 1. The Bertz CT molecular complexity index is 617. The molecule has 0 aliphatic carbocycles. The molecule has 1 atom stereocenters. The molecule has 0 saturated heterocycles. The van der Waals surface area contributed by atoms with Crippen molar-refractivity contribution in [3.8, 4) is 5.75 Å². The van der Waals surface area contributed by atoms with Crippen LogP contribution in [0.4, 0.5) is 5.69 Å². The largest absolute Gasteiger partial charge is 0.482 e. The Labute approximate surface area is 140 Å². The van der Waals surface area contributed by atoms with E-state index >= 15 is 0 Å². The number of fused-ring (bicyclic) bond motifs is 1. The van der Waals surface area contributed by atoms with Crippen molar-refractivity contribution in [3.05, 3.63) is 24.3 Å². The third-order valence-electron chi connectivity index (χ3n) is 3.73. The lowest BCUT2D eigenvalue weighted by molar-refractivity contribution is -0.148. The van der Waals surface area contributed by atoms with E-state index in [4.69, 9.17) is 9.47 Å². The van der Waals surface area contributed by atoms with E-state index in [9.17, 15) is 14.4 Å². The van der Waals surface area contributed by atoms with Crippen molar-refractivity contribution in [1.82, 2.24) is 5.32 Å². The van der Waals surface area contributed by atoms with Crippen molar-refractivity contribution in [1.29, 1.82) is 0 Å². The van der Waals surface area contributed by atoms with E-state index in [0.29, 0.717) is 11.4 Å². The summed E-state index contributed by atoms with van der Waals surface area (Å²) >= 11 is 0. The second kappa shape index (κ2) is 8.33. The molecule has 130 valence electrons. The van der Waals surface area contributed by atoms with Gasteiger partial charge in [-0.05, 0) is 25.5 Å². The molecular weight excluding hydrogens is 312 g/mol. The van der Waals surface area contributed by atoms with Crippen LogP contribution < -0.4 is 15.0 Å². The third-order valence-corrected chi connectivity index (χ3v) is 3.73. The van der Waals surface area contributed by atoms with E-state index in [0.717, 1.165) is 6.42 Å². The summed E-state index contributed by atoms with van der Waals surface area (Å²) in [6.07, 6.45) is 0.814. The SMILES string of the molecule is CC[C@@H](C)NC(=O)COC(=O)CCN1C(=O)COc2ccccc21. The molecular formula is C17H22N2O5. The first-order valence-electron chi connectivity index (χ1n) is 7.98. The number of amides is 2. The van der Waals surface area contributed by atoms with Gasteiger partial charge in [0.25, 0.3) is 11.8 Å². The normalized spacial score (nSPS) is 14.4. The molecule has 2 amide bonds. The van der Waals surface area contributed by atoms with Gasteiger partial charge in [0.15, 0.2) is 13.2 Å². The Morgan fingerprint density at radius 1 is 1.38 bits per heavy atom. The zero-order valence-electron chi connectivity index (χ0n) is 13.9. The lowest BCUT2D eigenvalue weighted by Crippen LogP contribution is -2.40. The second-order valence-corrected chi connectivity index (χ2v) is 5.59. The maximum absolute atomic E-state index is 12.0. The number of anilines is 1. The highest BCUT2D eigenvalue weighted by Gasteiger charge is 2.25. The third kappa shape index (κ3) is 4.71. The van der Waals surface area contributed by atoms with Crippen LogP contribution in [0.25, 0.3) is 0 Å². The molecule has 1 aliphatic heterocycles. The van der Waals surface area contributed by atoms with Gasteiger partial charge >= 0.3 is 5.97 Å². The molecule has 1 aromatic rings. The van der Waals surface area contributed by atoms with Gasteiger partial charge in [-0.3, -0.25) is 14.4 Å². The highest BCUT2D eigenvalue weighted by atomic mass is 16.5. The molecule has 2 rings (SSSR count). The number of hydrogen-bond acceptors (Lipinski definition) is 5. The Morgan fingerprint density at radius 3 is 2.88 bits per heavy atom. The maximum Gasteiger partial charge on any atom is 0.308 e. The van der Waals surface area contributed by atoms with Crippen molar-refractivity contribution < 1.29 is 23.9 Å². The quantitative estimate of drug-likeness (QED) is 0.759. The number of benzene rings is 1. The topological polar surface area (TPSA) is 84.9 Å². The van der Waals surface area contributed by atoms with Crippen LogP contribution in [0.3, 0.4) is 0 Å². The summed E-state index contributed by atoms with van der Waals surface area (Å²) in [5.41, 5.74) is 0.635. The van der Waals surface area contributed by atoms with Crippen molar-refractivity contribution >= 4 is 23.5 Å². The lowest BCUT2D eigenvalue weighted by Gasteiger charge is -2.28. The molecule has 0 aromatic heterocycles. The standard InChI is InChI=1S/C17H22N2O5/c1-3-12(2)18-15(20)10-24-17(22)8-9-19-13-6-4-5-7-14(13)23-11-16(19)21/h4-7,12H,3,8-11H2,1-2H3,(H,18,20)/t12-/m1/s1. The number of ether oxygens (including phenoxy) is 2. The lowest BCUT2D eigenvalue weighted by atomic mass is 10.2. The van der Waals surface area contributed by atoms with Gasteiger partial charge in [0.2, 0.25) is 0 Å². The van der Waals surface area contributed by atoms with E-state index in [1.54, 1.807) is 18.2 Å². The summed E-state index contributed by atoms with van der Waals surface area (Å²) < 4.78 is 10.3. The van der Waals surface area contributed by atoms with Gasteiger partial charge in [-0.1, -0.05) is 19.1 Å². The number of nitrogens with zero attached hydrogens (tertiary/aromatic N) is 1. The fraction of sp³-hybridized carbons (Fsp3) is 0.471. The first kappa shape index (κ1) is 17.8. The minimum atomic E-state index is -0.522. The summed E-state index contributed by atoms with van der Waals surface area (Å²) in [7, 11) is 0. The molecule has 0 unspecified atom stereocenters. The monoisotopic (exact) mass is 334 g/mol. The van der Waals surface area contributed by atoms with Crippen molar-refractivity contribution in [2.24, 2.45) is 0 Å². The van der Waals surface area contributed by atoms with E-state index in [2.05, 4.69) is 5.32 Å². The summed E-state index contributed by atoms with van der Waals surface area (Å²) in [5.74, 6) is -0.453. The zero-order chi connectivity index (χ0) is 17.5. The Morgan fingerprint density at radius 2 is 2.12 bits per heavy atom. The van der Waals surface area contributed by atoms with Crippen LogP contribution in [0.2, 0.25) is 0 Å². The summed E-state index contributed by atoms with van der Waals surface area (Å²) in [6, 6.07) is 7.19. The van der Waals surface area contributed by atoms with Crippen LogP contribution in [0.5, 0.6) is 5.75 Å². The molecule has 1 N–H and O–H groups in total. The predicted octanol–water partition coefficient (Wildman–Crippen LogP) is 1.26. The van der Waals surface area contributed by atoms with Gasteiger partial charge < -0.3 is 19.7 Å². The average Bonchev–Trinajstić information content (AvgIpc) is 2.59. The molecule has 0 radical (unpaired) electrons. The Balaban J connectivity index is 1.82. The fourth-order valence-corrected chi connectivity index (χ4v) is 2.24. The fourth-order valence-electron chi connectivity index (χ4n) is 2.24. The van der Waals surface area contributed by atoms with Gasteiger partial charge in [-0.25, -0.2) is 0 Å². The summed E-state index contributed by atoms with van der Waals surface area (Å²) in [6.45, 7) is 3.65. The number of carbonyl (C=O) groups is 3. The molecule has 7 heteroatoms. The van der Waals surface area contributed by atoms with Crippen LogP contribution in [0.15, 0.2) is 24.3 Å². The maximum atomic E-state index is 12.0. The molecule has 7 nitrogen and oxygen atoms in total. The first-order chi connectivity index (χ1) is 11.5. The molecule has 1 aliphatic rings. The number of hydrogen-bond donors (Lipinski definition) is 1. The Kier molecular flexibility index (Phi) is 6.17. The van der Waals surface area contributed by atoms with Crippen LogP contribution in [-0.2, 0) is 19.1 Å². The van der Waals surface area contributed by atoms with Gasteiger partial charge in [0.1, 0.15) is 5.75 Å². The molecule has 0 spiro atoms. The van der Waals surface area contributed by atoms with Crippen LogP contribution >= 0.6 is 0 Å². The van der Waals surface area contributed by atoms with E-state index in [1.165, 1.54) is 4.90 Å². The predicted molar refractivity (Wildman–Crippen MR) is 87.8 cm³/mol. The molecule has 24 heavy (non-hydrogen) atoms. The average molecular weight is 334 g/mol. The number of rotatable bonds is 7. The van der Waals surface area contributed by atoms with E-state index in [1.807, 2.05) is 19.9 Å².